The van der Waals surface area contributed by atoms with Gasteiger partial charge in [-0.05, 0) is 157 Å². The van der Waals surface area contributed by atoms with Crippen LogP contribution in [-0.4, -0.2) is 174 Å². The number of hydrogen-bond donors (Lipinski definition) is 9. The highest BCUT2D eigenvalue weighted by molar-refractivity contribution is 7.84. The summed E-state index contributed by atoms with van der Waals surface area (Å²) in [5, 5.41) is 59.7. The summed E-state index contributed by atoms with van der Waals surface area (Å²) < 4.78 is 107. The maximum atomic E-state index is 13.9. The van der Waals surface area contributed by atoms with Crippen LogP contribution in [0.1, 0.15) is 153 Å². The molecular formula is C71H75Cl2FN14O17S6. The fourth-order valence-corrected chi connectivity index (χ4v) is 18.9. The van der Waals surface area contributed by atoms with Gasteiger partial charge >= 0.3 is 30.9 Å². The fourth-order valence-electron chi connectivity index (χ4n) is 14.6. The Bertz CT molecular complexity index is 5290. The van der Waals surface area contributed by atoms with Gasteiger partial charge in [0.05, 0.1) is 98.7 Å². The standard InChI is InChI=1S/C24H26ClN5O5S2.C24H25FN4O6S2.C23H24ClN5O6S2/c1-30-9-13-2-3-16(25)6-18(13)22(30)15-5-21(36-11-15)23(32)19-8-27-12-28-24(19)29-17-4-14(20(31)7-17)10-35-37(26,33)34;25-16-2-1-13-3-4-34-23(18(13)7-16)15-6-21(36-11-15)22(31)19-9-27-12-28-24(19)29-17-5-14(20(30)8-17)10-35-37(26,32)33;24-22-15(21-19-12(3-5-34-21)2-1-4-27-19)8-18(36-22)20(31)16-9-26-11-28-23(16)29-14-6-13(17(30)7-14)10-35-37(25,32)33/h2-3,5-6,8,11-12,14,17,20,22,31H,4,7,9-10H2,1H3,(H2,26,33,34)(H,27,28,29);1-2,6-7,9,11-12,14,17,20,23,30H,3-5,8,10H2,(H2,26,32,33)(H,27,28,29);1-2,4,8-9,11,13-14,17,21,30H,3,5-7,10H2,(H2,25,32,33)(H,26,28,29)/t14-,17-,20+,22?;14-,17-,20+,23?;13-,14-,17+,21?/m111/s1. The number of carbonyl (C=O) groups excluding carboxylic acids is 3. The van der Waals surface area contributed by atoms with Crippen molar-refractivity contribution >= 4 is 123 Å². The van der Waals surface area contributed by atoms with Crippen LogP contribution in [0.5, 0.6) is 0 Å². The molecule has 9 aromatic rings. The smallest absolute Gasteiger partial charge is 0.333 e. The number of aromatic nitrogens is 7. The number of ketones is 3. The topological polar surface area (TPSA) is 468 Å². The van der Waals surface area contributed by atoms with Gasteiger partial charge in [-0.1, -0.05) is 41.4 Å². The van der Waals surface area contributed by atoms with Crippen LogP contribution in [-0.2, 0) is 72.3 Å². The lowest BCUT2D eigenvalue weighted by molar-refractivity contribution is 0.0667. The van der Waals surface area contributed by atoms with Crippen LogP contribution < -0.4 is 31.4 Å². The first-order chi connectivity index (χ1) is 53.0. The second-order valence-electron chi connectivity index (χ2n) is 27.5. The van der Waals surface area contributed by atoms with Crippen LogP contribution in [0.25, 0.3) is 0 Å². The Hall–Kier alpha value is -7.78. The van der Waals surface area contributed by atoms with E-state index in [0.29, 0.717) is 111 Å². The lowest BCUT2D eigenvalue weighted by Crippen LogP contribution is -2.24. The minimum atomic E-state index is -4.11. The van der Waals surface area contributed by atoms with E-state index in [2.05, 4.69) is 68.3 Å². The number of nitrogens with one attached hydrogen (secondary N) is 3. The average molecular weight is 1680 g/mol. The van der Waals surface area contributed by atoms with Gasteiger partial charge in [0.25, 0.3) is 0 Å². The molecule has 31 nitrogen and oxygen atoms in total. The molecule has 3 saturated carbocycles. The number of aliphatic hydroxyl groups is 3. The van der Waals surface area contributed by atoms with Crippen LogP contribution in [0.4, 0.5) is 21.8 Å². The van der Waals surface area contributed by atoms with Crippen molar-refractivity contribution in [3.8, 4) is 0 Å². The normalized spacial score (nSPS) is 23.6. The highest BCUT2D eigenvalue weighted by Gasteiger charge is 2.40. The van der Waals surface area contributed by atoms with Gasteiger partial charge in [0.15, 0.2) is 0 Å². The van der Waals surface area contributed by atoms with Gasteiger partial charge in [0, 0.05) is 77.8 Å². The number of thiophene rings is 3. The summed E-state index contributed by atoms with van der Waals surface area (Å²) in [7, 11) is -10.3. The Morgan fingerprint density at radius 3 is 1.55 bits per heavy atom. The van der Waals surface area contributed by atoms with Gasteiger partial charge < -0.3 is 40.7 Å². The molecule has 0 amide bonds. The number of nitrogens with zero attached hydrogens (tertiary/aromatic N) is 8. The molecule has 6 aliphatic rings. The Kier molecular flexibility index (Phi) is 25.5. The van der Waals surface area contributed by atoms with Crippen LogP contribution >= 0.6 is 57.2 Å². The predicted octanol–water partition coefficient (Wildman–Crippen LogP) is 7.32. The summed E-state index contributed by atoms with van der Waals surface area (Å²) in [6, 6.07) is 19.1. The highest BCUT2D eigenvalue weighted by atomic mass is 35.5. The van der Waals surface area contributed by atoms with Crippen LogP contribution in [0.2, 0.25) is 9.36 Å². The van der Waals surface area contributed by atoms with Crippen molar-refractivity contribution < 1.29 is 81.4 Å². The third-order valence-electron chi connectivity index (χ3n) is 19.9. The highest BCUT2D eigenvalue weighted by Crippen LogP contribution is 2.44. The first-order valence-corrected chi connectivity index (χ1v) is 42.5. The van der Waals surface area contributed by atoms with E-state index in [1.165, 1.54) is 77.9 Å². The number of anilines is 3. The number of carbonyl (C=O) groups is 3. The first-order valence-electron chi connectivity index (χ1n) is 34.8. The third-order valence-corrected chi connectivity index (χ3v) is 24.8. The molecule has 15 rings (SSSR count). The molecule has 7 aromatic heterocycles. The van der Waals surface area contributed by atoms with Crippen molar-refractivity contribution in [1.82, 2.24) is 39.8 Å². The molecule has 0 radical (unpaired) electrons. The Labute approximate surface area is 659 Å². The molecule has 2 aromatic carbocycles. The number of fused-ring (bicyclic) bond motifs is 3. The van der Waals surface area contributed by atoms with Gasteiger partial charge in [-0.15, -0.1) is 34.0 Å². The Morgan fingerprint density at radius 2 is 1.04 bits per heavy atom. The summed E-state index contributed by atoms with van der Waals surface area (Å²) >= 11 is 16.6. The van der Waals surface area contributed by atoms with Gasteiger partial charge in [0.2, 0.25) is 17.3 Å². The molecule has 3 aliphatic carbocycles. The number of benzene rings is 2. The van der Waals surface area contributed by atoms with Gasteiger partial charge in [-0.25, -0.2) is 49.7 Å². The summed E-state index contributed by atoms with van der Waals surface area (Å²) in [5.41, 5.74) is 9.28. The molecule has 0 bridgehead atoms. The van der Waals surface area contributed by atoms with E-state index in [9.17, 15) is 59.3 Å². The minimum Gasteiger partial charge on any atom is -0.393 e. The average Bonchev–Trinajstić information content (AvgIpc) is 1.65. The molecule has 40 heteroatoms. The molecule has 3 aliphatic heterocycles. The Balaban J connectivity index is 0.000000146. The number of halogens is 3. The molecule has 111 heavy (non-hydrogen) atoms. The zero-order valence-electron chi connectivity index (χ0n) is 58.8. The third kappa shape index (κ3) is 20.1. The quantitative estimate of drug-likeness (QED) is 0.0267. The van der Waals surface area contributed by atoms with Gasteiger partial charge in [0.1, 0.15) is 54.5 Å². The van der Waals surface area contributed by atoms with Crippen LogP contribution in [0.15, 0.2) is 121 Å². The van der Waals surface area contributed by atoms with E-state index in [4.69, 9.17) is 48.1 Å². The predicted molar refractivity (Wildman–Crippen MR) is 408 cm³/mol. The fraction of sp³-hybridized carbons (Fsp3) is 0.380. The van der Waals surface area contributed by atoms with E-state index in [0.717, 1.165) is 63.4 Å². The number of aliphatic hydroxyl groups excluding tert-OH is 3. The van der Waals surface area contributed by atoms with Crippen molar-refractivity contribution in [2.45, 2.75) is 113 Å². The van der Waals surface area contributed by atoms with E-state index < -0.39 is 79.2 Å². The van der Waals surface area contributed by atoms with Crippen molar-refractivity contribution in [2.75, 3.05) is 56.0 Å². The maximum Gasteiger partial charge on any atom is 0.333 e. The van der Waals surface area contributed by atoms with Crippen LogP contribution in [0.3, 0.4) is 0 Å². The molecule has 588 valence electrons. The number of nitrogens with two attached hydrogens (primary N) is 3. The van der Waals surface area contributed by atoms with Gasteiger partial charge in [-0.2, -0.15) is 25.3 Å². The SMILES string of the molecule is CN1Cc2ccc(Cl)cc2C1c1csc(C(=O)c2cncnc2N[C@@H]2C[C@H](COS(N)(=O)=O)[C@@H](O)C2)c1.NS(=O)(=O)OC[C@H]1C[C@@H](Nc2ncncc2C(=O)c2cc(C3OCCc4ccc(F)cc43)cs2)C[C@@H]1O.NS(=O)(=O)OC[C@H]1C[C@@H](Nc2ncncc2C(=O)c2cc(C3OCCc4cccnc43)c(Cl)s2)C[C@@H]1O. The van der Waals surface area contributed by atoms with Crippen molar-refractivity contribution in [1.29, 1.82) is 0 Å². The van der Waals surface area contributed by atoms with E-state index in [1.807, 2.05) is 54.2 Å². The largest absolute Gasteiger partial charge is 0.393 e. The zero-order valence-corrected chi connectivity index (χ0v) is 65.2. The summed E-state index contributed by atoms with van der Waals surface area (Å²) in [5.74, 6) is -1.49. The monoisotopic (exact) mass is 1680 g/mol. The van der Waals surface area contributed by atoms with E-state index in [1.54, 1.807) is 24.4 Å². The van der Waals surface area contributed by atoms with Gasteiger partial charge in [-0.3, -0.25) is 36.8 Å². The minimum absolute atomic E-state index is 0.00702. The molecular weight excluding hydrogens is 1600 g/mol. The summed E-state index contributed by atoms with van der Waals surface area (Å²) in [6.45, 7) is 1.14. The number of hydrogen-bond acceptors (Lipinski definition) is 31. The molecule has 10 heterocycles. The number of ether oxygens (including phenoxy) is 2. The Morgan fingerprint density at radius 1 is 0.568 bits per heavy atom. The molecule has 3 fully saturated rings. The second-order valence-corrected chi connectivity index (χ2v) is 35.1. The zero-order chi connectivity index (χ0) is 78.6. The van der Waals surface area contributed by atoms with Crippen LogP contribution in [0, 0.1) is 23.6 Å². The number of rotatable bonds is 24. The van der Waals surface area contributed by atoms with Crippen molar-refractivity contribution in [3.05, 3.63) is 218 Å². The molecule has 12 N–H and O–H groups in total. The number of pyridine rings is 1. The molecule has 12 atom stereocenters. The molecule has 0 spiro atoms. The summed E-state index contributed by atoms with van der Waals surface area (Å²) in [6.07, 6.45) is 10.3. The van der Waals surface area contributed by atoms with Crippen molar-refractivity contribution in [2.24, 2.45) is 33.2 Å². The van der Waals surface area contributed by atoms with E-state index >= 15 is 0 Å². The lowest BCUT2D eigenvalue weighted by Gasteiger charge is -2.25. The summed E-state index contributed by atoms with van der Waals surface area (Å²) in [4.78, 5) is 73.3. The molecule has 3 unspecified atom stereocenters. The second kappa shape index (κ2) is 34.9. The maximum absolute atomic E-state index is 13.9. The van der Waals surface area contributed by atoms with E-state index in [-0.39, 0.29) is 78.3 Å². The first kappa shape index (κ1) is 81.2. The molecule has 0 saturated heterocycles. The lowest BCUT2D eigenvalue weighted by atomic mass is 9.94. The van der Waals surface area contributed by atoms with Crippen molar-refractivity contribution in [3.63, 3.8) is 0 Å².